The summed E-state index contributed by atoms with van der Waals surface area (Å²) >= 11 is 1.77. The van der Waals surface area contributed by atoms with Crippen LogP contribution in [0.2, 0.25) is 0 Å². The molecule has 1 heterocycles. The number of hydrogen-bond acceptors (Lipinski definition) is 3. The van der Waals surface area contributed by atoms with Crippen molar-refractivity contribution in [2.24, 2.45) is 5.73 Å². The highest BCUT2D eigenvalue weighted by atomic mass is 32.1. The van der Waals surface area contributed by atoms with E-state index in [0.717, 1.165) is 17.1 Å². The van der Waals surface area contributed by atoms with Gasteiger partial charge in [-0.25, -0.2) is 4.98 Å². The van der Waals surface area contributed by atoms with Crippen molar-refractivity contribution in [1.82, 2.24) is 4.98 Å². The van der Waals surface area contributed by atoms with Crippen molar-refractivity contribution in [3.8, 4) is 10.4 Å². The zero-order valence-corrected chi connectivity index (χ0v) is 11.4. The van der Waals surface area contributed by atoms with Crippen molar-refractivity contribution in [2.75, 3.05) is 6.54 Å². The van der Waals surface area contributed by atoms with Gasteiger partial charge in [0.1, 0.15) is 0 Å². The number of nitrogens with two attached hydrogens (primary N) is 1. The maximum Gasteiger partial charge on any atom is 0.0947 e. The smallest absolute Gasteiger partial charge is 0.0947 e. The molecule has 1 aromatic carbocycles. The molecule has 0 bridgehead atoms. The third-order valence-corrected chi connectivity index (χ3v) is 4.09. The average Bonchev–Trinajstić information content (AvgIpc) is 2.64. The Labute approximate surface area is 107 Å². The number of thiazole rings is 1. The predicted octanol–water partition coefficient (Wildman–Crippen LogP) is 3.24. The largest absolute Gasteiger partial charge is 0.330 e. The van der Waals surface area contributed by atoms with E-state index in [1.54, 1.807) is 11.3 Å². The van der Waals surface area contributed by atoms with Crippen molar-refractivity contribution in [2.45, 2.75) is 27.2 Å². The summed E-state index contributed by atoms with van der Waals surface area (Å²) in [6.07, 6.45) is 0.871. The number of benzene rings is 1. The van der Waals surface area contributed by atoms with Gasteiger partial charge in [-0.05, 0) is 38.4 Å². The zero-order chi connectivity index (χ0) is 12.4. The van der Waals surface area contributed by atoms with Crippen LogP contribution in [0.25, 0.3) is 10.4 Å². The van der Waals surface area contributed by atoms with E-state index in [-0.39, 0.29) is 0 Å². The van der Waals surface area contributed by atoms with Gasteiger partial charge in [0.05, 0.1) is 15.6 Å². The second kappa shape index (κ2) is 4.98. The van der Waals surface area contributed by atoms with E-state index in [9.17, 15) is 0 Å². The first-order valence-corrected chi connectivity index (χ1v) is 6.67. The van der Waals surface area contributed by atoms with E-state index in [4.69, 9.17) is 5.73 Å². The Kier molecular flexibility index (Phi) is 3.60. The number of aromatic nitrogens is 1. The molecule has 0 aliphatic carbocycles. The van der Waals surface area contributed by atoms with E-state index in [1.165, 1.54) is 21.6 Å². The molecule has 0 aliphatic rings. The molecule has 2 rings (SSSR count). The number of hydrogen-bond donors (Lipinski definition) is 1. The molecule has 0 saturated carbocycles. The summed E-state index contributed by atoms with van der Waals surface area (Å²) in [6, 6.07) is 6.56. The number of rotatable bonds is 3. The predicted molar refractivity (Wildman–Crippen MR) is 74.5 cm³/mol. The van der Waals surface area contributed by atoms with E-state index in [2.05, 4.69) is 44.0 Å². The molecule has 3 heteroatoms. The Morgan fingerprint density at radius 2 is 2.00 bits per heavy atom. The summed E-state index contributed by atoms with van der Waals surface area (Å²) < 4.78 is 0. The number of nitrogens with zero attached hydrogens (tertiary/aromatic N) is 1. The summed E-state index contributed by atoms with van der Waals surface area (Å²) in [5.74, 6) is 0. The maximum atomic E-state index is 5.58. The van der Waals surface area contributed by atoms with Crippen molar-refractivity contribution in [3.05, 3.63) is 40.0 Å². The molecule has 0 spiro atoms. The van der Waals surface area contributed by atoms with Crippen LogP contribution in [0.1, 0.15) is 21.8 Å². The molecule has 2 nitrogen and oxygen atoms in total. The molecule has 0 atom stereocenters. The van der Waals surface area contributed by atoms with E-state index >= 15 is 0 Å². The van der Waals surface area contributed by atoms with Crippen LogP contribution in [0.15, 0.2) is 18.2 Å². The molecule has 2 N–H and O–H groups in total. The molecule has 1 aromatic heterocycles. The molecular weight excluding hydrogens is 228 g/mol. The van der Waals surface area contributed by atoms with Gasteiger partial charge in [0.25, 0.3) is 0 Å². The number of aryl methyl sites for hydroxylation is 3. The third-order valence-electron chi connectivity index (χ3n) is 2.84. The fraction of sp³-hybridized carbons (Fsp3) is 0.357. The Bertz CT molecular complexity index is 529. The van der Waals surface area contributed by atoms with Gasteiger partial charge in [0, 0.05) is 6.42 Å². The first-order valence-electron chi connectivity index (χ1n) is 5.86. The fourth-order valence-corrected chi connectivity index (χ4v) is 3.07. The lowest BCUT2D eigenvalue weighted by Crippen LogP contribution is -2.01. The summed E-state index contributed by atoms with van der Waals surface area (Å²) in [5.41, 5.74) is 10.6. The second-order valence-electron chi connectivity index (χ2n) is 4.38. The van der Waals surface area contributed by atoms with Crippen LogP contribution < -0.4 is 5.73 Å². The minimum atomic E-state index is 0.666. The van der Waals surface area contributed by atoms with Crippen LogP contribution in [0.4, 0.5) is 0 Å². The van der Waals surface area contributed by atoms with E-state index in [1.807, 2.05) is 0 Å². The zero-order valence-electron chi connectivity index (χ0n) is 10.6. The lowest BCUT2D eigenvalue weighted by Gasteiger charge is -2.05. The molecule has 2 aromatic rings. The van der Waals surface area contributed by atoms with Crippen LogP contribution in [0.3, 0.4) is 0 Å². The summed E-state index contributed by atoms with van der Waals surface area (Å²) in [7, 11) is 0. The Hall–Kier alpha value is -1.19. The van der Waals surface area contributed by atoms with Crippen molar-refractivity contribution >= 4 is 11.3 Å². The SMILES string of the molecule is Cc1ccc(C)c(-c2sc(CCN)nc2C)c1. The highest BCUT2D eigenvalue weighted by molar-refractivity contribution is 7.15. The van der Waals surface area contributed by atoms with Crippen molar-refractivity contribution in [1.29, 1.82) is 0 Å². The first-order chi connectivity index (χ1) is 8.11. The van der Waals surface area contributed by atoms with Crippen LogP contribution in [-0.2, 0) is 6.42 Å². The van der Waals surface area contributed by atoms with Gasteiger partial charge < -0.3 is 5.73 Å². The highest BCUT2D eigenvalue weighted by Crippen LogP contribution is 2.32. The van der Waals surface area contributed by atoms with E-state index < -0.39 is 0 Å². The first kappa shape index (κ1) is 12.3. The average molecular weight is 246 g/mol. The standard InChI is InChI=1S/C14H18N2S/c1-9-4-5-10(2)12(8-9)14-11(3)16-13(17-14)6-7-15/h4-5,8H,6-7,15H2,1-3H3. The second-order valence-corrected chi connectivity index (χ2v) is 5.46. The van der Waals surface area contributed by atoms with Gasteiger partial charge in [-0.3, -0.25) is 0 Å². The topological polar surface area (TPSA) is 38.9 Å². The molecule has 0 unspecified atom stereocenters. The van der Waals surface area contributed by atoms with Gasteiger partial charge in [0.2, 0.25) is 0 Å². The molecule has 90 valence electrons. The summed E-state index contributed by atoms with van der Waals surface area (Å²) in [6.45, 7) is 7.02. The minimum Gasteiger partial charge on any atom is -0.330 e. The van der Waals surface area contributed by atoms with Gasteiger partial charge in [-0.1, -0.05) is 23.8 Å². The molecule has 0 amide bonds. The lowest BCUT2D eigenvalue weighted by atomic mass is 10.0. The third kappa shape index (κ3) is 2.56. The molecule has 0 radical (unpaired) electrons. The van der Waals surface area contributed by atoms with E-state index in [0.29, 0.717) is 6.54 Å². The van der Waals surface area contributed by atoms with Gasteiger partial charge >= 0.3 is 0 Å². The Balaban J connectivity index is 2.48. The molecule has 0 saturated heterocycles. The van der Waals surface area contributed by atoms with Crippen LogP contribution in [0.5, 0.6) is 0 Å². The molecule has 0 aliphatic heterocycles. The van der Waals surface area contributed by atoms with Crippen molar-refractivity contribution < 1.29 is 0 Å². The molecule has 0 fully saturated rings. The normalized spacial score (nSPS) is 10.8. The van der Waals surface area contributed by atoms with Gasteiger partial charge in [-0.15, -0.1) is 11.3 Å². The van der Waals surface area contributed by atoms with Crippen molar-refractivity contribution in [3.63, 3.8) is 0 Å². The molecular formula is C14H18N2S. The monoisotopic (exact) mass is 246 g/mol. The summed E-state index contributed by atoms with van der Waals surface area (Å²) in [4.78, 5) is 5.87. The quantitative estimate of drug-likeness (QED) is 0.903. The summed E-state index contributed by atoms with van der Waals surface area (Å²) in [5, 5.41) is 1.14. The minimum absolute atomic E-state index is 0.666. The van der Waals surface area contributed by atoms with Crippen LogP contribution >= 0.6 is 11.3 Å². The Morgan fingerprint density at radius 1 is 1.24 bits per heavy atom. The fourth-order valence-electron chi connectivity index (χ4n) is 1.91. The highest BCUT2D eigenvalue weighted by Gasteiger charge is 2.11. The lowest BCUT2D eigenvalue weighted by molar-refractivity contribution is 0.945. The molecule has 17 heavy (non-hydrogen) atoms. The van der Waals surface area contributed by atoms with Gasteiger partial charge in [0.15, 0.2) is 0 Å². The Morgan fingerprint density at radius 3 is 2.71 bits per heavy atom. The van der Waals surface area contributed by atoms with Crippen LogP contribution in [0, 0.1) is 20.8 Å². The maximum absolute atomic E-state index is 5.58. The van der Waals surface area contributed by atoms with Gasteiger partial charge in [-0.2, -0.15) is 0 Å². The van der Waals surface area contributed by atoms with Crippen LogP contribution in [-0.4, -0.2) is 11.5 Å².